The fourth-order valence-corrected chi connectivity index (χ4v) is 2.85. The number of aliphatic hydroxyl groups excluding tert-OH is 2. The average Bonchev–Trinajstić information content (AvgIpc) is 3.42. The number of Topliss-reactive ketones (excluding diaryl/α,β-unsaturated/α-hetero) is 1. The van der Waals surface area contributed by atoms with Gasteiger partial charge >= 0.3 is 0 Å². The van der Waals surface area contributed by atoms with E-state index in [4.69, 9.17) is 4.74 Å². The van der Waals surface area contributed by atoms with Crippen LogP contribution in [0.15, 0.2) is 12.2 Å². The first-order chi connectivity index (χ1) is 13.4. The molecule has 0 spiro atoms. The van der Waals surface area contributed by atoms with E-state index in [2.05, 4.69) is 17.2 Å². The minimum Gasteiger partial charge on any atom is -0.394 e. The van der Waals surface area contributed by atoms with Gasteiger partial charge in [-0.3, -0.25) is 14.4 Å². The molecule has 0 aromatic rings. The SMILES string of the molecule is C=C(C)C[C@H](NC(=O)[C@H](CO)NC(=O)CCCCC(C)(C)O)C(=O)[C@]1(CO)CO1. The minimum absolute atomic E-state index is 0.0791. The van der Waals surface area contributed by atoms with Crippen molar-refractivity contribution < 1.29 is 34.4 Å². The molecule has 166 valence electrons. The van der Waals surface area contributed by atoms with Crippen molar-refractivity contribution in [3.8, 4) is 0 Å². The molecule has 5 N–H and O–H groups in total. The van der Waals surface area contributed by atoms with E-state index in [1.807, 2.05) is 0 Å². The second kappa shape index (κ2) is 10.8. The second-order valence-electron chi connectivity index (χ2n) is 8.35. The second-order valence-corrected chi connectivity index (χ2v) is 8.35. The maximum atomic E-state index is 12.6. The summed E-state index contributed by atoms with van der Waals surface area (Å²) in [5.74, 6) is -1.58. The van der Waals surface area contributed by atoms with Crippen molar-refractivity contribution in [2.75, 3.05) is 19.8 Å². The Morgan fingerprint density at radius 2 is 1.79 bits per heavy atom. The highest BCUT2D eigenvalue weighted by molar-refractivity contribution is 5.98. The van der Waals surface area contributed by atoms with Gasteiger partial charge in [0, 0.05) is 6.42 Å². The molecule has 1 rings (SSSR count). The number of ether oxygens (including phenoxy) is 1. The molecule has 0 aromatic carbocycles. The molecule has 3 atom stereocenters. The molecule has 9 nitrogen and oxygen atoms in total. The molecule has 1 fully saturated rings. The Labute approximate surface area is 171 Å². The summed E-state index contributed by atoms with van der Waals surface area (Å²) in [7, 11) is 0. The Morgan fingerprint density at radius 1 is 1.17 bits per heavy atom. The molecular weight excluding hydrogens is 380 g/mol. The van der Waals surface area contributed by atoms with Crippen LogP contribution >= 0.6 is 0 Å². The fraction of sp³-hybridized carbons (Fsp3) is 0.750. The zero-order valence-corrected chi connectivity index (χ0v) is 17.5. The molecule has 2 amide bonds. The molecule has 9 heteroatoms. The molecule has 0 aromatic heterocycles. The summed E-state index contributed by atoms with van der Waals surface area (Å²) in [6.07, 6.45) is 2.02. The maximum absolute atomic E-state index is 12.6. The number of amides is 2. The first-order valence-corrected chi connectivity index (χ1v) is 9.80. The highest BCUT2D eigenvalue weighted by Crippen LogP contribution is 2.29. The van der Waals surface area contributed by atoms with Crippen LogP contribution in [0.4, 0.5) is 0 Å². The quantitative estimate of drug-likeness (QED) is 0.147. The van der Waals surface area contributed by atoms with E-state index in [9.17, 15) is 29.7 Å². The number of aliphatic hydroxyl groups is 3. The average molecular weight is 414 g/mol. The van der Waals surface area contributed by atoms with Crippen molar-refractivity contribution >= 4 is 17.6 Å². The molecule has 0 aliphatic carbocycles. The Kier molecular flexibility index (Phi) is 9.41. The molecule has 1 saturated heterocycles. The van der Waals surface area contributed by atoms with Gasteiger partial charge in [0.2, 0.25) is 11.8 Å². The normalized spacial score (nSPS) is 20.5. The van der Waals surface area contributed by atoms with Crippen LogP contribution in [0.2, 0.25) is 0 Å². The van der Waals surface area contributed by atoms with Crippen LogP contribution in [0.3, 0.4) is 0 Å². The molecular formula is C20H34N2O7. The van der Waals surface area contributed by atoms with Gasteiger partial charge < -0.3 is 30.7 Å². The third kappa shape index (κ3) is 8.61. The van der Waals surface area contributed by atoms with Gasteiger partial charge in [0.15, 0.2) is 11.4 Å². The van der Waals surface area contributed by atoms with E-state index in [0.29, 0.717) is 24.8 Å². The predicted octanol–water partition coefficient (Wildman–Crippen LogP) is -0.424. The molecule has 0 saturated carbocycles. The summed E-state index contributed by atoms with van der Waals surface area (Å²) in [4.78, 5) is 37.2. The van der Waals surface area contributed by atoms with Crippen LogP contribution in [0.1, 0.15) is 52.9 Å². The summed E-state index contributed by atoms with van der Waals surface area (Å²) in [6.45, 7) is 7.78. The van der Waals surface area contributed by atoms with Gasteiger partial charge in [0.1, 0.15) is 6.04 Å². The lowest BCUT2D eigenvalue weighted by atomic mass is 9.94. The van der Waals surface area contributed by atoms with Crippen LogP contribution < -0.4 is 10.6 Å². The van der Waals surface area contributed by atoms with Crippen molar-refractivity contribution in [2.45, 2.75) is 76.2 Å². The lowest BCUT2D eigenvalue weighted by Gasteiger charge is -2.23. The molecule has 1 heterocycles. The zero-order valence-electron chi connectivity index (χ0n) is 17.5. The van der Waals surface area contributed by atoms with Gasteiger partial charge in [-0.05, 0) is 40.0 Å². The zero-order chi connectivity index (χ0) is 22.2. The highest BCUT2D eigenvalue weighted by Gasteiger charge is 2.54. The van der Waals surface area contributed by atoms with Crippen LogP contribution in [0, 0.1) is 0 Å². The smallest absolute Gasteiger partial charge is 0.245 e. The predicted molar refractivity (Wildman–Crippen MR) is 106 cm³/mol. The van der Waals surface area contributed by atoms with Crippen molar-refractivity contribution in [3.63, 3.8) is 0 Å². The van der Waals surface area contributed by atoms with E-state index in [1.54, 1.807) is 20.8 Å². The Morgan fingerprint density at radius 3 is 2.24 bits per heavy atom. The van der Waals surface area contributed by atoms with Crippen LogP contribution in [0.5, 0.6) is 0 Å². The van der Waals surface area contributed by atoms with Gasteiger partial charge in [0.25, 0.3) is 0 Å². The number of nitrogens with one attached hydrogen (secondary N) is 2. The first-order valence-electron chi connectivity index (χ1n) is 9.80. The van der Waals surface area contributed by atoms with Gasteiger partial charge in [-0.2, -0.15) is 0 Å². The highest BCUT2D eigenvalue weighted by atomic mass is 16.6. The number of epoxide rings is 1. The topological polar surface area (TPSA) is 148 Å². The number of carbonyl (C=O) groups is 3. The van der Waals surface area contributed by atoms with Gasteiger partial charge in [-0.25, -0.2) is 0 Å². The molecule has 0 unspecified atom stereocenters. The molecule has 0 radical (unpaired) electrons. The van der Waals surface area contributed by atoms with Gasteiger partial charge in [-0.1, -0.05) is 12.0 Å². The standard InChI is InChI=1S/C20H34N2O7/c1-13(2)9-14(17(26)20(11-24)12-29-20)22-18(27)15(10-23)21-16(25)7-5-6-8-19(3,4)28/h14-15,23-24,28H,1,5-12H2,2-4H3,(H,21,25)(H,22,27)/t14-,15-,20-/m0/s1. The van der Waals surface area contributed by atoms with E-state index in [1.165, 1.54) is 0 Å². The van der Waals surface area contributed by atoms with Crippen LogP contribution in [0.25, 0.3) is 0 Å². The summed E-state index contributed by atoms with van der Waals surface area (Å²) >= 11 is 0. The monoisotopic (exact) mass is 414 g/mol. The van der Waals surface area contributed by atoms with E-state index >= 15 is 0 Å². The minimum atomic E-state index is -1.30. The van der Waals surface area contributed by atoms with E-state index in [0.717, 1.165) is 0 Å². The van der Waals surface area contributed by atoms with Gasteiger partial charge in [0.05, 0.1) is 31.5 Å². The van der Waals surface area contributed by atoms with E-state index < -0.39 is 54.1 Å². The summed E-state index contributed by atoms with van der Waals surface area (Å²) in [6, 6.07) is -2.19. The number of ketones is 1. The van der Waals surface area contributed by atoms with Crippen molar-refractivity contribution in [2.24, 2.45) is 0 Å². The van der Waals surface area contributed by atoms with Gasteiger partial charge in [-0.15, -0.1) is 6.58 Å². The number of carbonyl (C=O) groups excluding carboxylic acids is 3. The maximum Gasteiger partial charge on any atom is 0.245 e. The molecule has 29 heavy (non-hydrogen) atoms. The molecule has 1 aliphatic heterocycles. The summed E-state index contributed by atoms with van der Waals surface area (Å²) in [5.41, 5.74) is -1.45. The lowest BCUT2D eigenvalue weighted by Crippen LogP contribution is -2.55. The van der Waals surface area contributed by atoms with Crippen molar-refractivity contribution in [1.29, 1.82) is 0 Å². The van der Waals surface area contributed by atoms with E-state index in [-0.39, 0.29) is 19.4 Å². The Balaban J connectivity index is 2.61. The van der Waals surface area contributed by atoms with Crippen LogP contribution in [-0.4, -0.2) is 76.0 Å². The third-order valence-corrected chi connectivity index (χ3v) is 4.66. The Hall–Kier alpha value is -1.81. The first kappa shape index (κ1) is 25.2. The third-order valence-electron chi connectivity index (χ3n) is 4.66. The summed E-state index contributed by atoms with van der Waals surface area (Å²) in [5, 5.41) is 33.5. The number of hydrogen-bond acceptors (Lipinski definition) is 7. The lowest BCUT2D eigenvalue weighted by molar-refractivity contribution is -0.134. The van der Waals surface area contributed by atoms with Crippen molar-refractivity contribution in [3.05, 3.63) is 12.2 Å². The van der Waals surface area contributed by atoms with Crippen molar-refractivity contribution in [1.82, 2.24) is 10.6 Å². The molecule has 0 bridgehead atoms. The number of hydrogen-bond donors (Lipinski definition) is 5. The molecule has 1 aliphatic rings. The fourth-order valence-electron chi connectivity index (χ4n) is 2.85. The largest absolute Gasteiger partial charge is 0.394 e. The number of unbranched alkanes of at least 4 members (excludes halogenated alkanes) is 1. The summed E-state index contributed by atoms with van der Waals surface area (Å²) < 4.78 is 5.06. The number of rotatable bonds is 14. The Bertz CT molecular complexity index is 608. The van der Waals surface area contributed by atoms with Crippen LogP contribution in [-0.2, 0) is 19.1 Å².